The van der Waals surface area contributed by atoms with Crippen LogP contribution in [0.4, 0.5) is 10.1 Å². The second-order valence-electron chi connectivity index (χ2n) is 6.18. The third-order valence-electron chi connectivity index (χ3n) is 4.18. The summed E-state index contributed by atoms with van der Waals surface area (Å²) in [5.41, 5.74) is 1.92. The molecular weight excluding hydrogens is 357 g/mol. The number of anilines is 1. The molecule has 0 atom stereocenters. The second-order valence-corrected chi connectivity index (χ2v) is 8.11. The lowest BCUT2D eigenvalue weighted by molar-refractivity contribution is -0.116. The van der Waals surface area contributed by atoms with E-state index in [1.54, 1.807) is 30.3 Å². The van der Waals surface area contributed by atoms with Crippen LogP contribution < -0.4 is 5.32 Å². The van der Waals surface area contributed by atoms with Crippen LogP contribution >= 0.6 is 0 Å². The van der Waals surface area contributed by atoms with E-state index in [0.29, 0.717) is 11.3 Å². The number of carbonyl (C=O) groups is 1. The molecule has 0 bridgehead atoms. The lowest BCUT2D eigenvalue weighted by Crippen LogP contribution is -2.38. The Morgan fingerprint density at radius 3 is 2.58 bits per heavy atom. The average molecular weight is 377 g/mol. The van der Waals surface area contributed by atoms with Gasteiger partial charge in [-0.15, -0.1) is 0 Å². The van der Waals surface area contributed by atoms with Gasteiger partial charge in [0.2, 0.25) is 5.91 Å². The van der Waals surface area contributed by atoms with E-state index in [4.69, 9.17) is 0 Å². The van der Waals surface area contributed by atoms with Crippen molar-refractivity contribution in [3.63, 3.8) is 0 Å². The second kappa shape index (κ2) is 7.53. The van der Waals surface area contributed by atoms with Crippen LogP contribution in [0.15, 0.2) is 48.5 Å². The van der Waals surface area contributed by atoms with Crippen LogP contribution in [0.5, 0.6) is 0 Å². The van der Waals surface area contributed by atoms with Crippen molar-refractivity contribution in [3.05, 3.63) is 65.5 Å². The number of aryl methyl sites for hydroxylation is 1. The molecule has 1 saturated heterocycles. The molecule has 1 aliphatic heterocycles. The standard InChI is InChI=1S/C18H20FN3O3S/c1-14-5-4-7-16(11-14)20-18(23)13-22-10-9-21(26(22,24)25)12-15-6-2-3-8-17(15)19/h2-8,11H,9-10,12-13H2,1H3,(H,20,23). The number of halogens is 1. The highest BCUT2D eigenvalue weighted by Crippen LogP contribution is 2.21. The van der Waals surface area contributed by atoms with Gasteiger partial charge >= 0.3 is 0 Å². The Bertz CT molecular complexity index is 917. The zero-order chi connectivity index (χ0) is 18.7. The number of hydrogen-bond donors (Lipinski definition) is 1. The number of amides is 1. The third-order valence-corrected chi connectivity index (χ3v) is 6.11. The first kappa shape index (κ1) is 18.5. The van der Waals surface area contributed by atoms with Crippen molar-refractivity contribution in [1.29, 1.82) is 0 Å². The first-order valence-corrected chi connectivity index (χ1v) is 9.61. The fraction of sp³-hybridized carbons (Fsp3) is 0.278. The van der Waals surface area contributed by atoms with Gasteiger partial charge in [0.25, 0.3) is 10.2 Å². The van der Waals surface area contributed by atoms with Crippen molar-refractivity contribution >= 4 is 21.8 Å². The molecular formula is C18H20FN3O3S. The van der Waals surface area contributed by atoms with E-state index in [1.165, 1.54) is 10.4 Å². The first-order chi connectivity index (χ1) is 12.4. The fourth-order valence-electron chi connectivity index (χ4n) is 2.84. The molecule has 1 amide bonds. The summed E-state index contributed by atoms with van der Waals surface area (Å²) in [6.07, 6.45) is 0. The van der Waals surface area contributed by atoms with Crippen molar-refractivity contribution < 1.29 is 17.6 Å². The van der Waals surface area contributed by atoms with E-state index in [2.05, 4.69) is 5.32 Å². The smallest absolute Gasteiger partial charge is 0.282 e. The highest BCUT2D eigenvalue weighted by molar-refractivity contribution is 7.87. The SMILES string of the molecule is Cc1cccc(NC(=O)CN2CCN(Cc3ccccc3F)S2(=O)=O)c1. The minimum Gasteiger partial charge on any atom is -0.325 e. The number of hydrogen-bond acceptors (Lipinski definition) is 3. The topological polar surface area (TPSA) is 69.7 Å². The maximum Gasteiger partial charge on any atom is 0.282 e. The Kier molecular flexibility index (Phi) is 5.36. The molecule has 1 heterocycles. The highest BCUT2D eigenvalue weighted by Gasteiger charge is 2.37. The summed E-state index contributed by atoms with van der Waals surface area (Å²) in [4.78, 5) is 12.2. The molecule has 6 nitrogen and oxygen atoms in total. The van der Waals surface area contributed by atoms with Gasteiger partial charge in [0.15, 0.2) is 0 Å². The minimum absolute atomic E-state index is 0.0506. The summed E-state index contributed by atoms with van der Waals surface area (Å²) in [5, 5.41) is 2.70. The summed E-state index contributed by atoms with van der Waals surface area (Å²) in [6.45, 7) is 1.99. The highest BCUT2D eigenvalue weighted by atomic mass is 32.2. The van der Waals surface area contributed by atoms with E-state index in [0.717, 1.165) is 9.87 Å². The quantitative estimate of drug-likeness (QED) is 0.868. The molecule has 2 aromatic carbocycles. The molecule has 1 fully saturated rings. The van der Waals surface area contributed by atoms with Gasteiger partial charge < -0.3 is 5.32 Å². The van der Waals surface area contributed by atoms with E-state index in [-0.39, 0.29) is 26.2 Å². The fourth-order valence-corrected chi connectivity index (χ4v) is 4.37. The summed E-state index contributed by atoms with van der Waals surface area (Å²) < 4.78 is 41.3. The van der Waals surface area contributed by atoms with Gasteiger partial charge in [-0.25, -0.2) is 4.39 Å². The predicted octanol–water partition coefficient (Wildman–Crippen LogP) is 2.14. The van der Waals surface area contributed by atoms with Crippen LogP contribution in [0.1, 0.15) is 11.1 Å². The molecule has 0 aromatic heterocycles. The van der Waals surface area contributed by atoms with Gasteiger partial charge in [-0.3, -0.25) is 4.79 Å². The maximum absolute atomic E-state index is 13.8. The van der Waals surface area contributed by atoms with Crippen LogP contribution in [0, 0.1) is 12.7 Å². The normalized spacial score (nSPS) is 17.3. The summed E-state index contributed by atoms with van der Waals surface area (Å²) in [5.74, 6) is -0.856. The summed E-state index contributed by atoms with van der Waals surface area (Å²) >= 11 is 0. The van der Waals surface area contributed by atoms with Gasteiger partial charge in [0, 0.05) is 30.9 Å². The van der Waals surface area contributed by atoms with Crippen molar-refractivity contribution in [2.24, 2.45) is 0 Å². The van der Waals surface area contributed by atoms with Crippen molar-refractivity contribution in [3.8, 4) is 0 Å². The van der Waals surface area contributed by atoms with Crippen molar-refractivity contribution in [2.45, 2.75) is 13.5 Å². The van der Waals surface area contributed by atoms with Crippen LogP contribution in [0.25, 0.3) is 0 Å². The predicted molar refractivity (Wildman–Crippen MR) is 97.1 cm³/mol. The lowest BCUT2D eigenvalue weighted by Gasteiger charge is -2.18. The van der Waals surface area contributed by atoms with Crippen LogP contribution in [-0.2, 0) is 21.5 Å². The van der Waals surface area contributed by atoms with E-state index < -0.39 is 21.9 Å². The van der Waals surface area contributed by atoms with Crippen LogP contribution in [0.2, 0.25) is 0 Å². The Hall–Kier alpha value is -2.29. The molecule has 0 spiro atoms. The first-order valence-electron chi connectivity index (χ1n) is 8.21. The monoisotopic (exact) mass is 377 g/mol. The summed E-state index contributed by atoms with van der Waals surface area (Å²) in [6, 6.07) is 13.3. The molecule has 8 heteroatoms. The van der Waals surface area contributed by atoms with Crippen molar-refractivity contribution in [2.75, 3.05) is 25.0 Å². The number of nitrogens with zero attached hydrogens (tertiary/aromatic N) is 2. The van der Waals surface area contributed by atoms with Gasteiger partial charge in [0.1, 0.15) is 5.82 Å². The van der Waals surface area contributed by atoms with Crippen molar-refractivity contribution in [1.82, 2.24) is 8.61 Å². The molecule has 2 aromatic rings. The zero-order valence-corrected chi connectivity index (χ0v) is 15.2. The molecule has 138 valence electrons. The van der Waals surface area contributed by atoms with Gasteiger partial charge in [-0.2, -0.15) is 17.0 Å². The van der Waals surface area contributed by atoms with Crippen LogP contribution in [0.3, 0.4) is 0 Å². The number of carbonyl (C=O) groups excluding carboxylic acids is 1. The minimum atomic E-state index is -3.80. The van der Waals surface area contributed by atoms with Crippen LogP contribution in [-0.4, -0.2) is 42.6 Å². The number of rotatable bonds is 5. The Morgan fingerprint density at radius 2 is 1.85 bits per heavy atom. The molecule has 0 radical (unpaired) electrons. The largest absolute Gasteiger partial charge is 0.325 e. The zero-order valence-electron chi connectivity index (χ0n) is 14.4. The molecule has 26 heavy (non-hydrogen) atoms. The average Bonchev–Trinajstić information content (AvgIpc) is 2.84. The van der Waals surface area contributed by atoms with Gasteiger partial charge in [0.05, 0.1) is 6.54 Å². The Balaban J connectivity index is 1.65. The van der Waals surface area contributed by atoms with E-state index in [9.17, 15) is 17.6 Å². The van der Waals surface area contributed by atoms with E-state index in [1.807, 2.05) is 19.1 Å². The maximum atomic E-state index is 13.8. The van der Waals surface area contributed by atoms with Gasteiger partial charge in [-0.1, -0.05) is 30.3 Å². The molecule has 1 N–H and O–H groups in total. The van der Waals surface area contributed by atoms with Gasteiger partial charge in [-0.05, 0) is 30.7 Å². The molecule has 0 saturated carbocycles. The third kappa shape index (κ3) is 4.09. The number of nitrogens with one attached hydrogen (secondary N) is 1. The Labute approximate surface area is 152 Å². The Morgan fingerprint density at radius 1 is 1.12 bits per heavy atom. The molecule has 0 aliphatic carbocycles. The number of benzene rings is 2. The summed E-state index contributed by atoms with van der Waals surface area (Å²) in [7, 11) is -3.80. The lowest BCUT2D eigenvalue weighted by atomic mass is 10.2. The molecule has 0 unspecified atom stereocenters. The molecule has 1 aliphatic rings. The molecule has 3 rings (SSSR count). The van der Waals surface area contributed by atoms with E-state index >= 15 is 0 Å².